The van der Waals surface area contributed by atoms with Crippen molar-refractivity contribution >= 4 is 5.91 Å². The molecule has 0 aromatic heterocycles. The molecular formula is C12H25NO3. The minimum atomic E-state index is 0.0399. The minimum Gasteiger partial charge on any atom is -0.379 e. The van der Waals surface area contributed by atoms with Crippen LogP contribution in [0.2, 0.25) is 0 Å². The Balaban J connectivity index is 3.18. The fraction of sp³-hybridized carbons (Fsp3) is 0.917. The standard InChI is InChI=1S/C12H25NO3/c1-10(2)9-16-8-7-15-6-5-12(14)13-11(3)4/h10-11H,5-9H2,1-4H3,(H,13,14). The van der Waals surface area contributed by atoms with Gasteiger partial charge in [-0.2, -0.15) is 0 Å². The number of carbonyl (C=O) groups excluding carboxylic acids is 1. The zero-order valence-electron chi connectivity index (χ0n) is 10.9. The fourth-order valence-corrected chi connectivity index (χ4v) is 1.10. The normalized spacial score (nSPS) is 11.1. The third kappa shape index (κ3) is 11.5. The van der Waals surface area contributed by atoms with Gasteiger partial charge in [-0.3, -0.25) is 4.79 Å². The van der Waals surface area contributed by atoms with Crippen LogP contribution in [0.4, 0.5) is 0 Å². The van der Waals surface area contributed by atoms with Crippen LogP contribution in [0.25, 0.3) is 0 Å². The Morgan fingerprint density at radius 3 is 2.25 bits per heavy atom. The molecule has 0 aliphatic carbocycles. The molecule has 4 heteroatoms. The summed E-state index contributed by atoms with van der Waals surface area (Å²) in [4.78, 5) is 11.2. The largest absolute Gasteiger partial charge is 0.379 e. The van der Waals surface area contributed by atoms with E-state index in [-0.39, 0.29) is 11.9 Å². The van der Waals surface area contributed by atoms with E-state index >= 15 is 0 Å². The predicted molar refractivity (Wildman–Crippen MR) is 64.4 cm³/mol. The summed E-state index contributed by atoms with van der Waals surface area (Å²) in [6, 6.07) is 0.196. The van der Waals surface area contributed by atoms with Gasteiger partial charge in [-0.25, -0.2) is 0 Å². The lowest BCUT2D eigenvalue weighted by molar-refractivity contribution is -0.122. The number of rotatable bonds is 9. The van der Waals surface area contributed by atoms with Gasteiger partial charge in [-0.1, -0.05) is 13.8 Å². The number of carbonyl (C=O) groups is 1. The summed E-state index contributed by atoms with van der Waals surface area (Å²) >= 11 is 0. The maximum atomic E-state index is 11.2. The van der Waals surface area contributed by atoms with Crippen molar-refractivity contribution in [1.29, 1.82) is 0 Å². The zero-order chi connectivity index (χ0) is 12.4. The average Bonchev–Trinajstić information content (AvgIpc) is 2.14. The minimum absolute atomic E-state index is 0.0399. The molecule has 0 aliphatic heterocycles. The average molecular weight is 231 g/mol. The van der Waals surface area contributed by atoms with Gasteiger partial charge in [0.05, 0.1) is 19.8 Å². The van der Waals surface area contributed by atoms with Crippen LogP contribution in [0.5, 0.6) is 0 Å². The molecule has 16 heavy (non-hydrogen) atoms. The van der Waals surface area contributed by atoms with Gasteiger partial charge in [0.25, 0.3) is 0 Å². The Bertz CT molecular complexity index is 181. The predicted octanol–water partition coefficient (Wildman–Crippen LogP) is 1.59. The molecule has 0 aromatic carbocycles. The van der Waals surface area contributed by atoms with E-state index in [4.69, 9.17) is 9.47 Å². The zero-order valence-corrected chi connectivity index (χ0v) is 10.9. The molecule has 1 N–H and O–H groups in total. The highest BCUT2D eigenvalue weighted by Gasteiger charge is 2.02. The summed E-state index contributed by atoms with van der Waals surface area (Å²) in [6.45, 7) is 10.5. The number of ether oxygens (including phenoxy) is 2. The van der Waals surface area contributed by atoms with E-state index in [9.17, 15) is 4.79 Å². The van der Waals surface area contributed by atoms with Crippen molar-refractivity contribution in [3.05, 3.63) is 0 Å². The molecule has 0 aromatic rings. The Hall–Kier alpha value is -0.610. The van der Waals surface area contributed by atoms with Crippen LogP contribution in [0.3, 0.4) is 0 Å². The highest BCUT2D eigenvalue weighted by atomic mass is 16.5. The number of nitrogens with one attached hydrogen (secondary N) is 1. The topological polar surface area (TPSA) is 47.6 Å². The third-order valence-electron chi connectivity index (χ3n) is 1.75. The van der Waals surface area contributed by atoms with Gasteiger partial charge in [0.15, 0.2) is 0 Å². The van der Waals surface area contributed by atoms with Crippen molar-refractivity contribution in [3.8, 4) is 0 Å². The summed E-state index contributed by atoms with van der Waals surface area (Å²) in [7, 11) is 0. The molecule has 0 bridgehead atoms. The van der Waals surface area contributed by atoms with Gasteiger partial charge < -0.3 is 14.8 Å². The van der Waals surface area contributed by atoms with Crippen molar-refractivity contribution in [2.45, 2.75) is 40.2 Å². The molecule has 0 saturated heterocycles. The molecule has 0 unspecified atom stereocenters. The molecule has 0 saturated carbocycles. The van der Waals surface area contributed by atoms with E-state index in [2.05, 4.69) is 19.2 Å². The van der Waals surface area contributed by atoms with E-state index in [1.165, 1.54) is 0 Å². The van der Waals surface area contributed by atoms with Crippen molar-refractivity contribution in [2.24, 2.45) is 5.92 Å². The first-order valence-electron chi connectivity index (χ1n) is 5.97. The first-order valence-corrected chi connectivity index (χ1v) is 5.97. The summed E-state index contributed by atoms with van der Waals surface area (Å²) < 4.78 is 10.6. The second-order valence-electron chi connectivity index (χ2n) is 4.55. The fourth-order valence-electron chi connectivity index (χ4n) is 1.10. The molecule has 96 valence electrons. The molecule has 0 rings (SSSR count). The second-order valence-corrected chi connectivity index (χ2v) is 4.55. The smallest absolute Gasteiger partial charge is 0.222 e. The highest BCUT2D eigenvalue weighted by molar-refractivity contribution is 5.76. The number of hydrogen-bond acceptors (Lipinski definition) is 3. The quantitative estimate of drug-likeness (QED) is 0.613. The van der Waals surface area contributed by atoms with Crippen molar-refractivity contribution in [3.63, 3.8) is 0 Å². The molecule has 1 amide bonds. The Morgan fingerprint density at radius 1 is 1.06 bits per heavy atom. The van der Waals surface area contributed by atoms with Crippen LogP contribution in [-0.2, 0) is 14.3 Å². The Kier molecular flexibility index (Phi) is 9.24. The SMILES string of the molecule is CC(C)COCCOCCC(=O)NC(C)C. The van der Waals surface area contributed by atoms with Gasteiger partial charge in [0.2, 0.25) is 5.91 Å². The van der Waals surface area contributed by atoms with Gasteiger partial charge in [-0.15, -0.1) is 0 Å². The molecular weight excluding hydrogens is 206 g/mol. The monoisotopic (exact) mass is 231 g/mol. The summed E-state index contributed by atoms with van der Waals surface area (Å²) in [5, 5.41) is 2.81. The van der Waals surface area contributed by atoms with Crippen LogP contribution < -0.4 is 5.32 Å². The van der Waals surface area contributed by atoms with Gasteiger partial charge in [-0.05, 0) is 19.8 Å². The van der Waals surface area contributed by atoms with E-state index < -0.39 is 0 Å². The lowest BCUT2D eigenvalue weighted by Crippen LogP contribution is -2.30. The molecule has 0 spiro atoms. The maximum absolute atomic E-state index is 11.2. The number of amides is 1. The van der Waals surface area contributed by atoms with Crippen LogP contribution in [0.1, 0.15) is 34.1 Å². The van der Waals surface area contributed by atoms with Crippen LogP contribution in [0, 0.1) is 5.92 Å². The van der Waals surface area contributed by atoms with Gasteiger partial charge >= 0.3 is 0 Å². The summed E-state index contributed by atoms with van der Waals surface area (Å²) in [5.74, 6) is 0.593. The van der Waals surface area contributed by atoms with Crippen LogP contribution in [-0.4, -0.2) is 38.4 Å². The molecule has 0 atom stereocenters. The summed E-state index contributed by atoms with van der Waals surface area (Å²) in [5.41, 5.74) is 0. The first-order chi connectivity index (χ1) is 7.52. The Morgan fingerprint density at radius 2 is 1.69 bits per heavy atom. The number of hydrogen-bond donors (Lipinski definition) is 1. The van der Waals surface area contributed by atoms with Crippen LogP contribution >= 0.6 is 0 Å². The molecule has 0 radical (unpaired) electrons. The van der Waals surface area contributed by atoms with Gasteiger partial charge in [0.1, 0.15) is 0 Å². The Labute approximate surface area is 98.7 Å². The summed E-state index contributed by atoms with van der Waals surface area (Å²) in [6.07, 6.45) is 0.419. The maximum Gasteiger partial charge on any atom is 0.222 e. The molecule has 4 nitrogen and oxygen atoms in total. The second kappa shape index (κ2) is 9.60. The van der Waals surface area contributed by atoms with E-state index in [1.807, 2.05) is 13.8 Å². The van der Waals surface area contributed by atoms with Crippen molar-refractivity contribution < 1.29 is 14.3 Å². The van der Waals surface area contributed by atoms with Crippen molar-refractivity contribution in [2.75, 3.05) is 26.4 Å². The molecule has 0 fully saturated rings. The third-order valence-corrected chi connectivity index (χ3v) is 1.75. The lowest BCUT2D eigenvalue weighted by Gasteiger charge is -2.09. The molecule has 0 heterocycles. The van der Waals surface area contributed by atoms with Gasteiger partial charge in [0, 0.05) is 19.1 Å². The highest BCUT2D eigenvalue weighted by Crippen LogP contribution is 1.92. The van der Waals surface area contributed by atoms with Crippen molar-refractivity contribution in [1.82, 2.24) is 5.32 Å². The lowest BCUT2D eigenvalue weighted by atomic mass is 10.2. The van der Waals surface area contributed by atoms with E-state index in [0.29, 0.717) is 32.2 Å². The van der Waals surface area contributed by atoms with E-state index in [0.717, 1.165) is 6.61 Å². The molecule has 0 aliphatic rings. The first kappa shape index (κ1) is 15.4. The van der Waals surface area contributed by atoms with E-state index in [1.54, 1.807) is 0 Å². The van der Waals surface area contributed by atoms with Crippen LogP contribution in [0.15, 0.2) is 0 Å².